The predicted molar refractivity (Wildman–Crippen MR) is 162 cm³/mol. The van der Waals surface area contributed by atoms with Gasteiger partial charge in [-0.25, -0.2) is 4.98 Å². The summed E-state index contributed by atoms with van der Waals surface area (Å²) in [5, 5.41) is 3.54. The molecule has 0 saturated carbocycles. The number of para-hydroxylation sites is 2. The fraction of sp³-hybridized carbons (Fsp3) is 0.258. The highest BCUT2D eigenvalue weighted by atomic mass is 35.5. The first-order chi connectivity index (χ1) is 20.2. The zero-order chi connectivity index (χ0) is 29.3. The molecule has 1 aliphatic rings. The summed E-state index contributed by atoms with van der Waals surface area (Å²) < 4.78 is 32.4. The van der Waals surface area contributed by atoms with Crippen LogP contribution in [0.2, 0.25) is 5.02 Å². The number of carbonyl (C=O) groups is 1. The Labute approximate surface area is 248 Å². The van der Waals surface area contributed by atoms with Crippen LogP contribution in [0.1, 0.15) is 38.0 Å². The first-order valence-electron chi connectivity index (χ1n) is 13.8. The molecule has 6 rings (SSSR count). The molecule has 1 amide bonds. The van der Waals surface area contributed by atoms with E-state index in [1.807, 2.05) is 62.4 Å². The zero-order valence-electron chi connectivity index (χ0n) is 23.2. The van der Waals surface area contributed by atoms with E-state index < -0.39 is 7.60 Å². The number of oxazole rings is 1. The Balaban J connectivity index is 1.15. The van der Waals surface area contributed by atoms with E-state index in [2.05, 4.69) is 10.3 Å². The summed E-state index contributed by atoms with van der Waals surface area (Å²) in [6.45, 7) is 3.81. The average molecular weight is 605 g/mol. The lowest BCUT2D eigenvalue weighted by molar-refractivity contribution is -0.116. The Morgan fingerprint density at radius 2 is 1.74 bits per heavy atom. The van der Waals surface area contributed by atoms with Crippen molar-refractivity contribution in [3.05, 3.63) is 95.5 Å². The molecule has 0 aliphatic carbocycles. The van der Waals surface area contributed by atoms with E-state index in [1.54, 1.807) is 35.2 Å². The van der Waals surface area contributed by atoms with Gasteiger partial charge in [0.05, 0.1) is 29.4 Å². The van der Waals surface area contributed by atoms with Crippen LogP contribution in [0.4, 0.5) is 5.69 Å². The fourth-order valence-corrected chi connectivity index (χ4v) is 7.38. The van der Waals surface area contributed by atoms with E-state index >= 15 is 0 Å². The van der Waals surface area contributed by atoms with Crippen LogP contribution in [-0.4, -0.2) is 32.7 Å². The van der Waals surface area contributed by atoms with E-state index in [0.29, 0.717) is 41.0 Å². The number of nitrogens with one attached hydrogen (secondary N) is 1. The highest BCUT2D eigenvalue weighted by Crippen LogP contribution is 2.56. The monoisotopic (exact) mass is 604 g/mol. The number of fused-ring (bicyclic) bond motifs is 1. The van der Waals surface area contributed by atoms with E-state index in [4.69, 9.17) is 30.0 Å². The summed E-state index contributed by atoms with van der Waals surface area (Å²) in [6, 6.07) is 22.6. The minimum atomic E-state index is -3.21. The number of aromatic nitrogens is 3. The van der Waals surface area contributed by atoms with Crippen LogP contribution in [-0.2, 0) is 31.0 Å². The maximum atomic E-state index is 13.1. The lowest BCUT2D eigenvalue weighted by Crippen LogP contribution is -2.24. The van der Waals surface area contributed by atoms with Gasteiger partial charge in [-0.1, -0.05) is 48.0 Å². The van der Waals surface area contributed by atoms with Gasteiger partial charge in [-0.3, -0.25) is 13.9 Å². The molecule has 3 aromatic carbocycles. The third kappa shape index (κ3) is 6.35. The molecule has 5 aromatic rings. The number of carbonyl (C=O) groups excluding carboxylic acids is 1. The number of hydrogen-bond donors (Lipinski definition) is 1. The molecule has 1 aliphatic heterocycles. The Bertz CT molecular complexity index is 1750. The number of anilines is 1. The smallest absolute Gasteiger partial charge is 0.335 e. The van der Waals surface area contributed by atoms with E-state index in [-0.39, 0.29) is 30.7 Å². The van der Waals surface area contributed by atoms with Crippen molar-refractivity contribution in [3.63, 3.8) is 0 Å². The number of rotatable bonds is 8. The maximum absolute atomic E-state index is 13.1. The Morgan fingerprint density at radius 3 is 2.48 bits per heavy atom. The van der Waals surface area contributed by atoms with E-state index in [1.165, 1.54) is 0 Å². The second kappa shape index (κ2) is 11.9. The van der Waals surface area contributed by atoms with Gasteiger partial charge in [0.15, 0.2) is 0 Å². The Morgan fingerprint density at radius 1 is 1.02 bits per heavy atom. The summed E-state index contributed by atoms with van der Waals surface area (Å²) >= 11 is 6.11. The largest absolute Gasteiger partial charge is 0.427 e. The minimum Gasteiger partial charge on any atom is -0.427 e. The van der Waals surface area contributed by atoms with Crippen molar-refractivity contribution in [2.45, 2.75) is 51.5 Å². The van der Waals surface area contributed by atoms with Crippen LogP contribution < -0.4 is 5.32 Å². The van der Waals surface area contributed by atoms with Crippen molar-refractivity contribution in [2.24, 2.45) is 0 Å². The molecule has 11 heteroatoms. The summed E-state index contributed by atoms with van der Waals surface area (Å²) in [7, 11) is -3.21. The molecule has 216 valence electrons. The summed E-state index contributed by atoms with van der Waals surface area (Å²) in [4.78, 5) is 22.1. The van der Waals surface area contributed by atoms with Crippen molar-refractivity contribution in [1.82, 2.24) is 14.5 Å². The standard InChI is InChI=1S/C31H30ClN4O5P/c1-20-17-21(2)41-42(38,40-20)18-22-7-13-25(14-8-22)34-29(37)16-15-28-30(23-9-11-24(32)12-10-23)35-31(39-28)36-19-33-26-5-3-4-6-27(26)36/h3-14,19-21H,15-18H2,1-2H3,(H,34,37). The van der Waals surface area contributed by atoms with Gasteiger partial charge in [-0.15, -0.1) is 0 Å². The number of hydrogen-bond acceptors (Lipinski definition) is 7. The van der Waals surface area contributed by atoms with Gasteiger partial charge in [0, 0.05) is 35.5 Å². The van der Waals surface area contributed by atoms with Crippen molar-refractivity contribution in [3.8, 4) is 17.3 Å². The van der Waals surface area contributed by atoms with Crippen LogP contribution in [0.15, 0.2) is 83.5 Å². The molecule has 2 atom stereocenters. The first-order valence-corrected chi connectivity index (χ1v) is 15.9. The topological polar surface area (TPSA) is 108 Å². The predicted octanol–water partition coefficient (Wildman–Crippen LogP) is 7.81. The molecular weight excluding hydrogens is 575 g/mol. The van der Waals surface area contributed by atoms with Gasteiger partial charge in [-0.2, -0.15) is 4.98 Å². The van der Waals surface area contributed by atoms with Crippen LogP contribution >= 0.6 is 19.2 Å². The van der Waals surface area contributed by atoms with Crippen molar-refractivity contribution in [1.29, 1.82) is 0 Å². The third-order valence-corrected chi connectivity index (χ3v) is 9.37. The lowest BCUT2D eigenvalue weighted by Gasteiger charge is -2.32. The highest BCUT2D eigenvalue weighted by molar-refractivity contribution is 7.53. The SMILES string of the molecule is CC1CC(C)OP(=O)(Cc2ccc(NC(=O)CCc3oc(-n4cnc5ccccc54)nc3-c3ccc(Cl)cc3)cc2)O1. The van der Waals surface area contributed by atoms with Gasteiger partial charge in [-0.05, 0) is 55.8 Å². The number of aryl methyl sites for hydroxylation is 1. The van der Waals surface area contributed by atoms with Crippen LogP contribution in [0.3, 0.4) is 0 Å². The van der Waals surface area contributed by atoms with Gasteiger partial charge in [0.1, 0.15) is 17.8 Å². The molecular formula is C31H30ClN4O5P. The van der Waals surface area contributed by atoms with E-state index in [0.717, 1.165) is 22.2 Å². The summed E-state index contributed by atoms with van der Waals surface area (Å²) in [5.74, 6) is 0.404. The van der Waals surface area contributed by atoms with Crippen LogP contribution in [0.25, 0.3) is 28.3 Å². The molecule has 2 aromatic heterocycles. The number of nitrogens with zero attached hydrogens (tertiary/aromatic N) is 3. The molecule has 0 bridgehead atoms. The molecule has 9 nitrogen and oxygen atoms in total. The van der Waals surface area contributed by atoms with Crippen LogP contribution in [0, 0.1) is 0 Å². The van der Waals surface area contributed by atoms with Gasteiger partial charge in [0.2, 0.25) is 5.91 Å². The average Bonchev–Trinajstić information content (AvgIpc) is 3.57. The molecule has 2 unspecified atom stereocenters. The van der Waals surface area contributed by atoms with Crippen molar-refractivity contribution in [2.75, 3.05) is 5.32 Å². The maximum Gasteiger partial charge on any atom is 0.335 e. The molecule has 0 spiro atoms. The number of benzene rings is 3. The van der Waals surface area contributed by atoms with Crippen molar-refractivity contribution >= 4 is 41.8 Å². The lowest BCUT2D eigenvalue weighted by atomic mass is 10.1. The van der Waals surface area contributed by atoms with Gasteiger partial charge < -0.3 is 18.8 Å². The second-order valence-corrected chi connectivity index (χ2v) is 12.9. The number of imidazole rings is 1. The first kappa shape index (κ1) is 28.4. The minimum absolute atomic E-state index is 0.113. The van der Waals surface area contributed by atoms with Crippen LogP contribution in [0.5, 0.6) is 0 Å². The molecule has 0 radical (unpaired) electrons. The van der Waals surface area contributed by atoms with Crippen molar-refractivity contribution < 1.29 is 22.8 Å². The molecule has 42 heavy (non-hydrogen) atoms. The molecule has 1 N–H and O–H groups in total. The molecule has 3 heterocycles. The van der Waals surface area contributed by atoms with Gasteiger partial charge >= 0.3 is 13.6 Å². The summed E-state index contributed by atoms with van der Waals surface area (Å²) in [5.41, 5.74) is 4.61. The van der Waals surface area contributed by atoms with Gasteiger partial charge in [0.25, 0.3) is 0 Å². The molecule has 1 fully saturated rings. The fourth-order valence-electron chi connectivity index (χ4n) is 5.13. The number of amides is 1. The number of halogens is 1. The zero-order valence-corrected chi connectivity index (χ0v) is 24.8. The van der Waals surface area contributed by atoms with E-state index in [9.17, 15) is 9.36 Å². The Hall–Kier alpha value is -3.75. The third-order valence-electron chi connectivity index (χ3n) is 7.00. The Kier molecular flexibility index (Phi) is 8.01. The molecule has 1 saturated heterocycles. The normalized spacial score (nSPS) is 20.5. The quantitative estimate of drug-likeness (QED) is 0.180. The summed E-state index contributed by atoms with van der Waals surface area (Å²) in [6.07, 6.45) is 2.85. The second-order valence-electron chi connectivity index (χ2n) is 10.5. The highest BCUT2D eigenvalue weighted by Gasteiger charge is 2.35.